The Balaban J connectivity index is 1.94. The molecule has 1 aromatic carbocycles. The van der Waals surface area contributed by atoms with E-state index < -0.39 is 0 Å². The Morgan fingerprint density at radius 2 is 2.05 bits per heavy atom. The van der Waals surface area contributed by atoms with E-state index in [1.807, 2.05) is 11.0 Å². The molecular formula is C16H14FN3. The molecule has 1 heterocycles. The fraction of sp³-hybridized carbons (Fsp3) is 0.250. The van der Waals surface area contributed by atoms with Crippen molar-refractivity contribution in [1.82, 2.24) is 4.98 Å². The largest absolute Gasteiger partial charge is 0.348 e. The summed E-state index contributed by atoms with van der Waals surface area (Å²) in [6.45, 7) is 0.447. The summed E-state index contributed by atoms with van der Waals surface area (Å²) in [6, 6.07) is 12.8. The van der Waals surface area contributed by atoms with Crippen molar-refractivity contribution in [2.75, 3.05) is 4.90 Å². The number of rotatable bonds is 4. The van der Waals surface area contributed by atoms with Crippen LogP contribution >= 0.6 is 0 Å². The minimum atomic E-state index is -0.215. The molecule has 1 aromatic heterocycles. The SMILES string of the molecule is N#Cc1cccnc1N(Cc1ccccc1F)C1CC1. The van der Waals surface area contributed by atoms with E-state index >= 15 is 0 Å². The van der Waals surface area contributed by atoms with Crippen molar-refractivity contribution >= 4 is 5.82 Å². The highest BCUT2D eigenvalue weighted by atomic mass is 19.1. The average Bonchev–Trinajstić information content (AvgIpc) is 3.31. The summed E-state index contributed by atoms with van der Waals surface area (Å²) in [5.41, 5.74) is 1.17. The van der Waals surface area contributed by atoms with Crippen molar-refractivity contribution in [2.24, 2.45) is 0 Å². The zero-order valence-corrected chi connectivity index (χ0v) is 11.0. The lowest BCUT2D eigenvalue weighted by Gasteiger charge is -2.24. The maximum Gasteiger partial charge on any atom is 0.147 e. The molecule has 0 radical (unpaired) electrons. The molecule has 100 valence electrons. The second-order valence-corrected chi connectivity index (χ2v) is 4.94. The Morgan fingerprint density at radius 1 is 1.25 bits per heavy atom. The van der Waals surface area contributed by atoms with E-state index in [1.165, 1.54) is 6.07 Å². The molecule has 4 heteroatoms. The van der Waals surface area contributed by atoms with Gasteiger partial charge in [0, 0.05) is 24.3 Å². The lowest BCUT2D eigenvalue weighted by Crippen LogP contribution is -2.27. The van der Waals surface area contributed by atoms with E-state index in [4.69, 9.17) is 0 Å². The first-order valence-electron chi connectivity index (χ1n) is 6.65. The van der Waals surface area contributed by atoms with Gasteiger partial charge < -0.3 is 4.90 Å². The van der Waals surface area contributed by atoms with Gasteiger partial charge in [0.25, 0.3) is 0 Å². The van der Waals surface area contributed by atoms with Crippen LogP contribution in [-0.2, 0) is 6.54 Å². The van der Waals surface area contributed by atoms with Crippen LogP contribution in [-0.4, -0.2) is 11.0 Å². The van der Waals surface area contributed by atoms with Crippen LogP contribution in [0.3, 0.4) is 0 Å². The van der Waals surface area contributed by atoms with E-state index in [1.54, 1.807) is 30.5 Å². The summed E-state index contributed by atoms with van der Waals surface area (Å²) in [5, 5.41) is 9.20. The molecule has 1 saturated carbocycles. The molecule has 0 N–H and O–H groups in total. The number of hydrogen-bond donors (Lipinski definition) is 0. The molecule has 3 rings (SSSR count). The van der Waals surface area contributed by atoms with Crippen molar-refractivity contribution in [3.63, 3.8) is 0 Å². The number of nitrogens with zero attached hydrogens (tertiary/aromatic N) is 3. The van der Waals surface area contributed by atoms with Gasteiger partial charge >= 0.3 is 0 Å². The normalized spacial score (nSPS) is 13.8. The molecule has 0 aliphatic heterocycles. The molecule has 0 unspecified atom stereocenters. The second kappa shape index (κ2) is 5.30. The molecule has 0 amide bonds. The van der Waals surface area contributed by atoms with E-state index in [9.17, 15) is 9.65 Å². The third kappa shape index (κ3) is 2.48. The standard InChI is InChI=1S/C16H14FN3/c17-15-6-2-1-4-13(15)11-20(14-7-8-14)16-12(10-18)5-3-9-19-16/h1-6,9,14H,7-8,11H2. The number of nitriles is 1. The highest BCUT2D eigenvalue weighted by molar-refractivity contribution is 5.55. The lowest BCUT2D eigenvalue weighted by molar-refractivity contribution is 0.602. The van der Waals surface area contributed by atoms with Gasteiger partial charge in [-0.1, -0.05) is 18.2 Å². The number of hydrogen-bond acceptors (Lipinski definition) is 3. The molecule has 1 aliphatic carbocycles. The zero-order valence-electron chi connectivity index (χ0n) is 11.0. The van der Waals surface area contributed by atoms with Crippen molar-refractivity contribution in [3.05, 3.63) is 59.5 Å². The van der Waals surface area contributed by atoms with Crippen LogP contribution in [0.15, 0.2) is 42.6 Å². The van der Waals surface area contributed by atoms with Crippen LogP contribution in [0.2, 0.25) is 0 Å². The van der Waals surface area contributed by atoms with Crippen molar-refractivity contribution < 1.29 is 4.39 Å². The van der Waals surface area contributed by atoms with Crippen LogP contribution in [0, 0.1) is 17.1 Å². The molecule has 3 nitrogen and oxygen atoms in total. The quantitative estimate of drug-likeness (QED) is 0.853. The van der Waals surface area contributed by atoms with Gasteiger partial charge in [0.15, 0.2) is 0 Å². The molecule has 20 heavy (non-hydrogen) atoms. The van der Waals surface area contributed by atoms with Crippen LogP contribution < -0.4 is 4.90 Å². The van der Waals surface area contributed by atoms with Gasteiger partial charge in [0.2, 0.25) is 0 Å². The maximum absolute atomic E-state index is 13.8. The number of pyridine rings is 1. The van der Waals surface area contributed by atoms with E-state index in [0.29, 0.717) is 29.5 Å². The highest BCUT2D eigenvalue weighted by Crippen LogP contribution is 2.33. The molecule has 2 aromatic rings. The molecule has 1 fully saturated rings. The van der Waals surface area contributed by atoms with Gasteiger partial charge in [-0.3, -0.25) is 0 Å². The number of anilines is 1. The molecule has 0 spiro atoms. The van der Waals surface area contributed by atoms with Gasteiger partial charge in [0.05, 0.1) is 5.56 Å². The van der Waals surface area contributed by atoms with Gasteiger partial charge in [-0.15, -0.1) is 0 Å². The first-order valence-corrected chi connectivity index (χ1v) is 6.65. The summed E-state index contributed by atoms with van der Waals surface area (Å²) in [7, 11) is 0. The molecule has 0 bridgehead atoms. The topological polar surface area (TPSA) is 39.9 Å². The Bertz CT molecular complexity index is 659. The van der Waals surface area contributed by atoms with Gasteiger partial charge in [-0.2, -0.15) is 5.26 Å². The number of aromatic nitrogens is 1. The van der Waals surface area contributed by atoms with Gasteiger partial charge in [-0.25, -0.2) is 9.37 Å². The molecule has 1 aliphatic rings. The summed E-state index contributed by atoms with van der Waals surface area (Å²) < 4.78 is 13.8. The third-order valence-corrected chi connectivity index (χ3v) is 3.47. The minimum Gasteiger partial charge on any atom is -0.348 e. The first kappa shape index (κ1) is 12.6. The summed E-state index contributed by atoms with van der Waals surface area (Å²) in [5.74, 6) is 0.438. The molecule has 0 atom stereocenters. The van der Waals surface area contributed by atoms with Crippen LogP contribution in [0.4, 0.5) is 10.2 Å². The zero-order chi connectivity index (χ0) is 13.9. The van der Waals surface area contributed by atoms with Crippen molar-refractivity contribution in [1.29, 1.82) is 5.26 Å². The fourth-order valence-electron chi connectivity index (χ4n) is 2.29. The summed E-state index contributed by atoms with van der Waals surface area (Å²) >= 11 is 0. The highest BCUT2D eigenvalue weighted by Gasteiger charge is 2.31. The van der Waals surface area contributed by atoms with Crippen LogP contribution in [0.1, 0.15) is 24.0 Å². The van der Waals surface area contributed by atoms with Crippen LogP contribution in [0.5, 0.6) is 0 Å². The number of benzene rings is 1. The third-order valence-electron chi connectivity index (χ3n) is 3.47. The van der Waals surface area contributed by atoms with E-state index in [0.717, 1.165) is 12.8 Å². The Morgan fingerprint density at radius 3 is 2.75 bits per heavy atom. The monoisotopic (exact) mass is 267 g/mol. The van der Waals surface area contributed by atoms with Crippen molar-refractivity contribution in [2.45, 2.75) is 25.4 Å². The molecular weight excluding hydrogens is 253 g/mol. The van der Waals surface area contributed by atoms with Crippen molar-refractivity contribution in [3.8, 4) is 6.07 Å². The van der Waals surface area contributed by atoms with E-state index in [2.05, 4.69) is 11.1 Å². The minimum absolute atomic E-state index is 0.215. The summed E-state index contributed by atoms with van der Waals surface area (Å²) in [4.78, 5) is 6.36. The van der Waals surface area contributed by atoms with Gasteiger partial charge in [-0.05, 0) is 31.0 Å². The Kier molecular flexibility index (Phi) is 3.34. The van der Waals surface area contributed by atoms with E-state index in [-0.39, 0.29) is 5.82 Å². The Hall–Kier alpha value is -2.41. The molecule has 0 saturated heterocycles. The smallest absolute Gasteiger partial charge is 0.147 e. The second-order valence-electron chi connectivity index (χ2n) is 4.94. The summed E-state index contributed by atoms with van der Waals surface area (Å²) in [6.07, 6.45) is 3.80. The predicted octanol–water partition coefficient (Wildman–Crippen LogP) is 3.26. The number of halogens is 1. The lowest BCUT2D eigenvalue weighted by atomic mass is 10.1. The Labute approximate surface area is 117 Å². The van der Waals surface area contributed by atoms with Gasteiger partial charge in [0.1, 0.15) is 17.7 Å². The maximum atomic E-state index is 13.8. The predicted molar refractivity (Wildman–Crippen MR) is 74.6 cm³/mol. The average molecular weight is 267 g/mol. The van der Waals surface area contributed by atoms with Crippen LogP contribution in [0.25, 0.3) is 0 Å². The first-order chi connectivity index (χ1) is 9.79. The fourth-order valence-corrected chi connectivity index (χ4v) is 2.29.